The van der Waals surface area contributed by atoms with Crippen LogP contribution in [0.25, 0.3) is 0 Å². The second-order valence-corrected chi connectivity index (χ2v) is 2.50. The first-order valence-corrected chi connectivity index (χ1v) is 3.55. The summed E-state index contributed by atoms with van der Waals surface area (Å²) in [4.78, 5) is 24.0. The van der Waals surface area contributed by atoms with Gasteiger partial charge in [0.2, 0.25) is 0 Å². The average molecular weight is 170 g/mol. The molecule has 1 rings (SSSR count). The lowest BCUT2D eigenvalue weighted by molar-refractivity contribution is 0.298. The van der Waals surface area contributed by atoms with Crippen molar-refractivity contribution in [1.29, 1.82) is 0 Å². The molecule has 66 valence electrons. The summed E-state index contributed by atoms with van der Waals surface area (Å²) in [6.07, 6.45) is 1.70. The third-order valence-electron chi connectivity index (χ3n) is 1.56. The fourth-order valence-electron chi connectivity index (χ4n) is 0.915. The van der Waals surface area contributed by atoms with Gasteiger partial charge in [0, 0.05) is 31.8 Å². The van der Waals surface area contributed by atoms with Crippen LogP contribution in [0.3, 0.4) is 0 Å². The lowest BCUT2D eigenvalue weighted by Crippen LogP contribution is -2.30. The highest BCUT2D eigenvalue weighted by Gasteiger charge is 2.00. The Balaban J connectivity index is 3.24. The van der Waals surface area contributed by atoms with Crippen molar-refractivity contribution in [2.24, 2.45) is 7.05 Å². The highest BCUT2D eigenvalue weighted by atomic mass is 16.3. The van der Waals surface area contributed by atoms with Crippen molar-refractivity contribution < 1.29 is 5.11 Å². The molecule has 0 fully saturated rings. The summed E-state index contributed by atoms with van der Waals surface area (Å²) in [5.74, 6) is 0. The summed E-state index contributed by atoms with van der Waals surface area (Å²) in [6, 6.07) is 0. The van der Waals surface area contributed by atoms with E-state index in [9.17, 15) is 9.59 Å². The molecule has 5 nitrogen and oxygen atoms in total. The minimum Gasteiger partial charge on any atom is -0.396 e. The second kappa shape index (κ2) is 3.36. The number of H-pyrrole nitrogens is 1. The van der Waals surface area contributed by atoms with E-state index in [1.807, 2.05) is 0 Å². The predicted octanol–water partition coefficient (Wildman–Crippen LogP) is -1.39. The maximum atomic E-state index is 11.0. The molecule has 0 spiro atoms. The number of rotatable bonds is 2. The van der Waals surface area contributed by atoms with Crippen molar-refractivity contribution in [3.05, 3.63) is 32.6 Å². The van der Waals surface area contributed by atoms with Gasteiger partial charge in [0.1, 0.15) is 0 Å². The van der Waals surface area contributed by atoms with Gasteiger partial charge in [0.05, 0.1) is 0 Å². The molecule has 0 atom stereocenters. The van der Waals surface area contributed by atoms with E-state index in [1.165, 1.54) is 10.8 Å². The van der Waals surface area contributed by atoms with Gasteiger partial charge in [-0.2, -0.15) is 0 Å². The van der Waals surface area contributed by atoms with E-state index >= 15 is 0 Å². The van der Waals surface area contributed by atoms with Gasteiger partial charge < -0.3 is 9.67 Å². The molecule has 5 heteroatoms. The van der Waals surface area contributed by atoms with Crippen LogP contribution in [0.1, 0.15) is 5.56 Å². The molecule has 1 aromatic rings. The number of aromatic amines is 1. The van der Waals surface area contributed by atoms with Gasteiger partial charge in [0.25, 0.3) is 5.56 Å². The first-order valence-electron chi connectivity index (χ1n) is 3.55. The molecule has 0 amide bonds. The quantitative estimate of drug-likeness (QED) is 0.573. The molecule has 0 aliphatic rings. The zero-order valence-electron chi connectivity index (χ0n) is 6.70. The first kappa shape index (κ1) is 8.73. The van der Waals surface area contributed by atoms with E-state index in [4.69, 9.17) is 5.11 Å². The molecule has 0 unspecified atom stereocenters. The topological polar surface area (TPSA) is 75.1 Å². The van der Waals surface area contributed by atoms with Crippen LogP contribution < -0.4 is 11.2 Å². The van der Waals surface area contributed by atoms with Gasteiger partial charge in [0.15, 0.2) is 0 Å². The molecule has 0 bridgehead atoms. The van der Waals surface area contributed by atoms with Gasteiger partial charge in [-0.3, -0.25) is 9.78 Å². The largest absolute Gasteiger partial charge is 0.396 e. The number of aromatic nitrogens is 2. The molecule has 0 saturated carbocycles. The number of hydrogen-bond donors (Lipinski definition) is 2. The van der Waals surface area contributed by atoms with E-state index in [-0.39, 0.29) is 13.0 Å². The number of nitrogens with one attached hydrogen (secondary N) is 1. The predicted molar refractivity (Wildman–Crippen MR) is 43.1 cm³/mol. The van der Waals surface area contributed by atoms with E-state index in [0.29, 0.717) is 5.56 Å². The average Bonchev–Trinajstić information content (AvgIpc) is 2.01. The molecule has 0 aromatic carbocycles. The Morgan fingerprint density at radius 1 is 1.58 bits per heavy atom. The van der Waals surface area contributed by atoms with Gasteiger partial charge in [-0.15, -0.1) is 0 Å². The summed E-state index contributed by atoms with van der Waals surface area (Å²) in [6.45, 7) is -0.0959. The van der Waals surface area contributed by atoms with Crippen molar-refractivity contribution in [1.82, 2.24) is 9.55 Å². The molecule has 0 aliphatic heterocycles. The number of hydrogen-bond acceptors (Lipinski definition) is 3. The maximum Gasteiger partial charge on any atom is 0.328 e. The highest BCUT2D eigenvalue weighted by Crippen LogP contribution is 1.86. The van der Waals surface area contributed by atoms with E-state index in [1.54, 1.807) is 7.05 Å². The zero-order chi connectivity index (χ0) is 9.14. The highest BCUT2D eigenvalue weighted by molar-refractivity contribution is 5.04. The van der Waals surface area contributed by atoms with Crippen LogP contribution in [0.5, 0.6) is 0 Å². The summed E-state index contributed by atoms with van der Waals surface area (Å²) in [5.41, 5.74) is -0.451. The first-order chi connectivity index (χ1) is 5.65. The Morgan fingerprint density at radius 3 is 2.83 bits per heavy atom. The van der Waals surface area contributed by atoms with Crippen LogP contribution in [-0.4, -0.2) is 21.3 Å². The van der Waals surface area contributed by atoms with Crippen molar-refractivity contribution in [2.75, 3.05) is 6.61 Å². The summed E-state index contributed by atoms with van der Waals surface area (Å²) in [5, 5.41) is 8.56. The Labute approximate surface area is 68.3 Å². The number of aliphatic hydroxyl groups is 1. The third-order valence-corrected chi connectivity index (χ3v) is 1.56. The normalized spacial score (nSPS) is 10.2. The van der Waals surface area contributed by atoms with Crippen LogP contribution in [0.15, 0.2) is 15.8 Å². The fraction of sp³-hybridized carbons (Fsp3) is 0.429. The lowest BCUT2D eigenvalue weighted by Gasteiger charge is -1.99. The molecular weight excluding hydrogens is 160 g/mol. The van der Waals surface area contributed by atoms with Gasteiger partial charge in [-0.05, 0) is 0 Å². The summed E-state index contributed by atoms with van der Waals surface area (Å²) < 4.78 is 1.27. The number of aryl methyl sites for hydroxylation is 1. The lowest BCUT2D eigenvalue weighted by atomic mass is 10.2. The number of aliphatic hydroxyl groups excluding tert-OH is 1. The SMILES string of the molecule is Cn1cc(CCO)c(=O)[nH]c1=O. The van der Waals surface area contributed by atoms with Crippen LogP contribution in [0.4, 0.5) is 0 Å². The smallest absolute Gasteiger partial charge is 0.328 e. The minimum absolute atomic E-state index is 0.0959. The van der Waals surface area contributed by atoms with Crippen LogP contribution >= 0.6 is 0 Å². The molecule has 0 saturated heterocycles. The van der Waals surface area contributed by atoms with Crippen LogP contribution in [0.2, 0.25) is 0 Å². The van der Waals surface area contributed by atoms with Crippen molar-refractivity contribution >= 4 is 0 Å². The summed E-state index contributed by atoms with van der Waals surface area (Å²) >= 11 is 0. The number of nitrogens with zero attached hydrogens (tertiary/aromatic N) is 1. The van der Waals surface area contributed by atoms with Crippen LogP contribution in [0, 0.1) is 0 Å². The van der Waals surface area contributed by atoms with E-state index in [0.717, 1.165) is 0 Å². The summed E-state index contributed by atoms with van der Waals surface area (Å²) in [7, 11) is 1.54. The molecule has 0 radical (unpaired) electrons. The van der Waals surface area contributed by atoms with Gasteiger partial charge >= 0.3 is 5.69 Å². The van der Waals surface area contributed by atoms with Crippen molar-refractivity contribution in [2.45, 2.75) is 6.42 Å². The standard InChI is InChI=1S/C7H10N2O3/c1-9-4-5(2-3-10)6(11)8-7(9)12/h4,10H,2-3H2,1H3,(H,8,11,12). The molecule has 2 N–H and O–H groups in total. The van der Waals surface area contributed by atoms with E-state index < -0.39 is 11.2 Å². The maximum absolute atomic E-state index is 11.0. The minimum atomic E-state index is -0.443. The Hall–Kier alpha value is -1.36. The Kier molecular flexibility index (Phi) is 2.44. The van der Waals surface area contributed by atoms with Gasteiger partial charge in [-0.1, -0.05) is 0 Å². The molecular formula is C7H10N2O3. The Bertz CT molecular complexity index is 377. The third kappa shape index (κ3) is 1.62. The van der Waals surface area contributed by atoms with Crippen LogP contribution in [-0.2, 0) is 13.5 Å². The van der Waals surface area contributed by atoms with Gasteiger partial charge in [-0.25, -0.2) is 4.79 Å². The monoisotopic (exact) mass is 170 g/mol. The molecule has 12 heavy (non-hydrogen) atoms. The van der Waals surface area contributed by atoms with Crippen molar-refractivity contribution in [3.8, 4) is 0 Å². The molecule has 1 heterocycles. The fourth-order valence-corrected chi connectivity index (χ4v) is 0.915. The molecule has 1 aromatic heterocycles. The Morgan fingerprint density at radius 2 is 2.25 bits per heavy atom. The molecule has 0 aliphatic carbocycles. The van der Waals surface area contributed by atoms with E-state index in [2.05, 4.69) is 4.98 Å². The van der Waals surface area contributed by atoms with Crippen molar-refractivity contribution in [3.63, 3.8) is 0 Å². The zero-order valence-corrected chi connectivity index (χ0v) is 6.70. The second-order valence-electron chi connectivity index (χ2n) is 2.50.